The van der Waals surface area contributed by atoms with E-state index in [1.807, 2.05) is 0 Å². The molecule has 29 heavy (non-hydrogen) atoms. The van der Waals surface area contributed by atoms with Crippen LogP contribution in [0.1, 0.15) is 61.9 Å². The Kier molecular flexibility index (Phi) is 4.63. The summed E-state index contributed by atoms with van der Waals surface area (Å²) in [6, 6.07) is 3.32. The van der Waals surface area contributed by atoms with E-state index < -0.39 is 0 Å². The molecule has 3 amide bonds. The highest BCUT2D eigenvalue weighted by Gasteiger charge is 2.54. The standard InChI is InChI=1S/C22H29N3O4/c26-19(17-3-1-5-25(13-17)20(27)18-4-2-6-29-18)23-24-21(28)22-10-14-7-15(11-22)9-16(8-14)12-22/h2,4,6,14-17H,1,3,5,7-13H2,(H,23,26)(H,24,28)/t14?,15?,16?,17-,22?/m1/s1. The van der Waals surface area contributed by atoms with Crippen LogP contribution < -0.4 is 10.9 Å². The number of furan rings is 1. The van der Waals surface area contributed by atoms with Crippen LogP contribution in [-0.2, 0) is 9.59 Å². The van der Waals surface area contributed by atoms with E-state index >= 15 is 0 Å². The maximum Gasteiger partial charge on any atom is 0.289 e. The first-order valence-electron chi connectivity index (χ1n) is 11.0. The van der Waals surface area contributed by atoms with Crippen LogP contribution in [0, 0.1) is 29.1 Å². The summed E-state index contributed by atoms with van der Waals surface area (Å²) in [5.74, 6) is 1.61. The molecule has 5 aliphatic rings. The van der Waals surface area contributed by atoms with Crippen LogP contribution in [0.2, 0.25) is 0 Å². The lowest BCUT2D eigenvalue weighted by molar-refractivity contribution is -0.149. The molecule has 7 heteroatoms. The number of hydrogen-bond acceptors (Lipinski definition) is 4. The predicted octanol–water partition coefficient (Wildman–Crippen LogP) is 2.50. The summed E-state index contributed by atoms with van der Waals surface area (Å²) >= 11 is 0. The van der Waals surface area contributed by atoms with Gasteiger partial charge in [-0.2, -0.15) is 0 Å². The van der Waals surface area contributed by atoms with E-state index in [0.717, 1.165) is 25.7 Å². The third kappa shape index (κ3) is 3.45. The molecule has 4 bridgehead atoms. The maximum absolute atomic E-state index is 13.0. The first-order valence-corrected chi connectivity index (χ1v) is 11.0. The molecule has 0 unspecified atom stereocenters. The van der Waals surface area contributed by atoms with Crippen molar-refractivity contribution in [3.05, 3.63) is 24.2 Å². The Hall–Kier alpha value is -2.31. The van der Waals surface area contributed by atoms with Gasteiger partial charge in [0.15, 0.2) is 5.76 Å². The number of hydrogen-bond donors (Lipinski definition) is 2. The molecule has 2 N–H and O–H groups in total. The van der Waals surface area contributed by atoms with Crippen molar-refractivity contribution in [3.63, 3.8) is 0 Å². The second-order valence-electron chi connectivity index (χ2n) is 9.71. The zero-order valence-corrected chi connectivity index (χ0v) is 16.7. The molecular weight excluding hydrogens is 370 g/mol. The minimum atomic E-state index is -0.320. The smallest absolute Gasteiger partial charge is 0.289 e. The minimum absolute atomic E-state index is 0.00993. The van der Waals surface area contributed by atoms with Gasteiger partial charge in [0.1, 0.15) is 0 Å². The van der Waals surface area contributed by atoms with Crippen LogP contribution in [0.15, 0.2) is 22.8 Å². The van der Waals surface area contributed by atoms with Gasteiger partial charge >= 0.3 is 0 Å². The third-order valence-corrected chi connectivity index (χ3v) is 7.63. The molecule has 1 aliphatic heterocycles. The van der Waals surface area contributed by atoms with E-state index in [9.17, 15) is 14.4 Å². The quantitative estimate of drug-likeness (QED) is 0.764. The molecule has 5 fully saturated rings. The number of hydrazine groups is 1. The van der Waals surface area contributed by atoms with Crippen LogP contribution in [-0.4, -0.2) is 35.7 Å². The van der Waals surface area contributed by atoms with Gasteiger partial charge in [-0.15, -0.1) is 0 Å². The second-order valence-corrected chi connectivity index (χ2v) is 9.71. The zero-order chi connectivity index (χ0) is 20.0. The Morgan fingerprint density at radius 1 is 1.03 bits per heavy atom. The monoisotopic (exact) mass is 399 g/mol. The molecule has 0 spiro atoms. The van der Waals surface area contributed by atoms with Gasteiger partial charge in [0.2, 0.25) is 11.8 Å². The number of nitrogens with zero attached hydrogens (tertiary/aromatic N) is 1. The molecule has 4 aliphatic carbocycles. The molecule has 0 radical (unpaired) electrons. The van der Waals surface area contributed by atoms with Crippen molar-refractivity contribution in [2.24, 2.45) is 29.1 Å². The van der Waals surface area contributed by atoms with E-state index in [4.69, 9.17) is 4.42 Å². The van der Waals surface area contributed by atoms with Crippen molar-refractivity contribution in [2.45, 2.75) is 51.4 Å². The molecule has 7 nitrogen and oxygen atoms in total. The summed E-state index contributed by atoms with van der Waals surface area (Å²) in [5.41, 5.74) is 5.14. The van der Waals surface area contributed by atoms with Gasteiger partial charge in [0.25, 0.3) is 5.91 Å². The molecule has 1 aromatic rings. The molecule has 1 atom stereocenters. The Morgan fingerprint density at radius 2 is 1.72 bits per heavy atom. The fourth-order valence-corrected chi connectivity index (χ4v) is 6.67. The molecule has 4 saturated carbocycles. The largest absolute Gasteiger partial charge is 0.459 e. The van der Waals surface area contributed by atoms with Crippen molar-refractivity contribution in [2.75, 3.05) is 13.1 Å². The molecule has 0 aromatic carbocycles. The normalized spacial score (nSPS) is 35.4. The molecule has 156 valence electrons. The van der Waals surface area contributed by atoms with Gasteiger partial charge in [-0.05, 0) is 81.3 Å². The van der Waals surface area contributed by atoms with Gasteiger partial charge in [0.05, 0.1) is 17.6 Å². The van der Waals surface area contributed by atoms with Crippen molar-refractivity contribution < 1.29 is 18.8 Å². The molecule has 1 saturated heterocycles. The highest BCUT2D eigenvalue weighted by molar-refractivity contribution is 5.92. The average molecular weight is 399 g/mol. The Morgan fingerprint density at radius 3 is 2.34 bits per heavy atom. The van der Waals surface area contributed by atoms with E-state index in [2.05, 4.69) is 10.9 Å². The van der Waals surface area contributed by atoms with E-state index in [0.29, 0.717) is 43.0 Å². The fraction of sp³-hybridized carbons (Fsp3) is 0.682. The van der Waals surface area contributed by atoms with E-state index in [-0.39, 0.29) is 29.1 Å². The first kappa shape index (κ1) is 18.7. The zero-order valence-electron chi connectivity index (χ0n) is 16.7. The number of rotatable bonds is 3. The fourth-order valence-electron chi connectivity index (χ4n) is 6.67. The molecule has 6 rings (SSSR count). The van der Waals surface area contributed by atoms with Gasteiger partial charge in [-0.1, -0.05) is 0 Å². The Labute approximate surface area is 170 Å². The summed E-state index contributed by atoms with van der Waals surface area (Å²) < 4.78 is 5.19. The second kappa shape index (κ2) is 7.18. The Bertz CT molecular complexity index is 768. The molecular formula is C22H29N3O4. The lowest BCUT2D eigenvalue weighted by Gasteiger charge is -2.55. The van der Waals surface area contributed by atoms with Crippen LogP contribution in [0.5, 0.6) is 0 Å². The number of piperidine rings is 1. The number of nitrogens with one attached hydrogen (secondary N) is 2. The predicted molar refractivity (Wildman–Crippen MR) is 104 cm³/mol. The summed E-state index contributed by atoms with van der Waals surface area (Å²) in [6.45, 7) is 0.960. The van der Waals surface area contributed by atoms with Gasteiger partial charge < -0.3 is 9.32 Å². The number of carbonyl (C=O) groups is 3. The van der Waals surface area contributed by atoms with Crippen LogP contribution in [0.25, 0.3) is 0 Å². The summed E-state index contributed by atoms with van der Waals surface area (Å²) in [4.78, 5) is 39.9. The SMILES string of the molecule is O=C(NNC(=O)C12CC3CC(CC(C3)C1)C2)[C@@H]1CCCN(C(=O)c2ccco2)C1. The van der Waals surface area contributed by atoms with Crippen LogP contribution in [0.4, 0.5) is 0 Å². The topological polar surface area (TPSA) is 91.7 Å². The minimum Gasteiger partial charge on any atom is -0.459 e. The highest BCUT2D eigenvalue weighted by atomic mass is 16.3. The summed E-state index contributed by atoms with van der Waals surface area (Å²) in [5, 5.41) is 0. The Balaban J connectivity index is 1.17. The van der Waals surface area contributed by atoms with E-state index in [1.165, 1.54) is 25.5 Å². The summed E-state index contributed by atoms with van der Waals surface area (Å²) in [7, 11) is 0. The van der Waals surface area contributed by atoms with Crippen molar-refractivity contribution >= 4 is 17.7 Å². The highest BCUT2D eigenvalue weighted by Crippen LogP contribution is 2.60. The lowest BCUT2D eigenvalue weighted by Crippen LogP contribution is -2.58. The maximum atomic E-state index is 13.0. The first-order chi connectivity index (χ1) is 14.0. The van der Waals surface area contributed by atoms with Crippen molar-refractivity contribution in [1.82, 2.24) is 15.8 Å². The van der Waals surface area contributed by atoms with Crippen LogP contribution in [0.3, 0.4) is 0 Å². The number of amides is 3. The average Bonchev–Trinajstić information content (AvgIpc) is 3.25. The van der Waals surface area contributed by atoms with Gasteiger partial charge in [-0.3, -0.25) is 25.2 Å². The van der Waals surface area contributed by atoms with E-state index in [1.54, 1.807) is 17.0 Å². The number of carbonyl (C=O) groups excluding carboxylic acids is 3. The molecule has 2 heterocycles. The number of likely N-dealkylation sites (tertiary alicyclic amines) is 1. The lowest BCUT2D eigenvalue weighted by atomic mass is 9.49. The summed E-state index contributed by atoms with van der Waals surface area (Å²) in [6.07, 6.45) is 9.68. The third-order valence-electron chi connectivity index (χ3n) is 7.63. The molecule has 1 aromatic heterocycles. The van der Waals surface area contributed by atoms with Gasteiger partial charge in [0, 0.05) is 13.1 Å². The van der Waals surface area contributed by atoms with Crippen molar-refractivity contribution in [3.8, 4) is 0 Å². The van der Waals surface area contributed by atoms with Crippen molar-refractivity contribution in [1.29, 1.82) is 0 Å². The van der Waals surface area contributed by atoms with Crippen LogP contribution >= 0.6 is 0 Å². The van der Waals surface area contributed by atoms with Gasteiger partial charge in [-0.25, -0.2) is 0 Å².